The van der Waals surface area contributed by atoms with Gasteiger partial charge in [-0.15, -0.1) is 0 Å². The minimum atomic E-state index is -0.134. The smallest absolute Gasteiger partial charge is 0.256 e. The van der Waals surface area contributed by atoms with Crippen LogP contribution in [0.25, 0.3) is 21.8 Å². The number of aromatic nitrogens is 2. The summed E-state index contributed by atoms with van der Waals surface area (Å²) >= 11 is 1.15. The van der Waals surface area contributed by atoms with Gasteiger partial charge in [-0.3, -0.25) is 4.79 Å². The third-order valence-corrected chi connectivity index (χ3v) is 4.45. The van der Waals surface area contributed by atoms with Gasteiger partial charge in [0, 0.05) is 5.56 Å². The normalized spacial score (nSPS) is 11.0. The Morgan fingerprint density at radius 2 is 1.83 bits per heavy atom. The van der Waals surface area contributed by atoms with Gasteiger partial charge in [-0.25, -0.2) is 0 Å². The van der Waals surface area contributed by atoms with Crippen molar-refractivity contribution in [2.75, 3.05) is 5.32 Å². The first-order valence-corrected chi connectivity index (χ1v) is 7.98. The van der Waals surface area contributed by atoms with Crippen molar-refractivity contribution in [2.45, 2.75) is 6.92 Å². The van der Waals surface area contributed by atoms with Crippen molar-refractivity contribution in [1.82, 2.24) is 8.75 Å². The molecule has 4 rings (SSSR count). The molecule has 0 fully saturated rings. The Labute approximate surface area is 137 Å². The average Bonchev–Trinajstić information content (AvgIpc) is 3.05. The Bertz CT molecular complexity index is 1030. The summed E-state index contributed by atoms with van der Waals surface area (Å²) in [4.78, 5) is 12.8. The first-order chi connectivity index (χ1) is 11.2. The number of carbonyl (C=O) groups excluding carboxylic acids is 1. The van der Waals surface area contributed by atoms with Crippen molar-refractivity contribution in [2.24, 2.45) is 0 Å². The molecule has 0 unspecified atom stereocenters. The number of amides is 1. The number of anilines is 1. The molecule has 0 aliphatic carbocycles. The third-order valence-electron chi connectivity index (χ3n) is 3.91. The lowest BCUT2D eigenvalue weighted by Gasteiger charge is -2.10. The summed E-state index contributed by atoms with van der Waals surface area (Å²) in [5, 5.41) is 5.00. The van der Waals surface area contributed by atoms with Crippen LogP contribution in [0.3, 0.4) is 0 Å². The molecule has 0 bridgehead atoms. The summed E-state index contributed by atoms with van der Waals surface area (Å²) in [6.07, 6.45) is 0. The minimum absolute atomic E-state index is 0.134. The molecule has 0 aliphatic heterocycles. The molecule has 1 amide bonds. The SMILES string of the molecule is Cc1ccc2nsnc2c1NC(=O)c1cccc2ccccc12. The number of nitrogens with one attached hydrogen (secondary N) is 1. The van der Waals surface area contributed by atoms with Crippen molar-refractivity contribution in [3.63, 3.8) is 0 Å². The lowest BCUT2D eigenvalue weighted by molar-refractivity contribution is 0.102. The van der Waals surface area contributed by atoms with E-state index in [0.717, 1.165) is 44.8 Å². The van der Waals surface area contributed by atoms with Crippen LogP contribution in [-0.4, -0.2) is 14.7 Å². The number of aryl methyl sites for hydroxylation is 1. The zero-order chi connectivity index (χ0) is 15.8. The molecule has 5 heteroatoms. The maximum Gasteiger partial charge on any atom is 0.256 e. The Balaban J connectivity index is 1.80. The topological polar surface area (TPSA) is 54.9 Å². The maximum absolute atomic E-state index is 12.8. The highest BCUT2D eigenvalue weighted by Gasteiger charge is 2.14. The van der Waals surface area contributed by atoms with Gasteiger partial charge in [0.2, 0.25) is 0 Å². The van der Waals surface area contributed by atoms with E-state index in [2.05, 4.69) is 14.1 Å². The lowest BCUT2D eigenvalue weighted by atomic mass is 10.0. The highest BCUT2D eigenvalue weighted by molar-refractivity contribution is 7.00. The zero-order valence-corrected chi connectivity index (χ0v) is 13.2. The van der Waals surface area contributed by atoms with E-state index in [-0.39, 0.29) is 5.91 Å². The number of benzene rings is 3. The predicted molar refractivity (Wildman–Crippen MR) is 94.1 cm³/mol. The summed E-state index contributed by atoms with van der Waals surface area (Å²) in [5.41, 5.74) is 3.90. The number of carbonyl (C=O) groups is 1. The maximum atomic E-state index is 12.8. The number of rotatable bonds is 2. The van der Waals surface area contributed by atoms with Crippen LogP contribution in [0.2, 0.25) is 0 Å². The lowest BCUT2D eigenvalue weighted by Crippen LogP contribution is -2.13. The van der Waals surface area contributed by atoms with E-state index < -0.39 is 0 Å². The summed E-state index contributed by atoms with van der Waals surface area (Å²) in [6, 6.07) is 17.5. The quantitative estimate of drug-likeness (QED) is 0.595. The van der Waals surface area contributed by atoms with Crippen LogP contribution in [0.15, 0.2) is 54.6 Å². The minimum Gasteiger partial charge on any atom is -0.320 e. The van der Waals surface area contributed by atoms with Gasteiger partial charge in [0.1, 0.15) is 11.0 Å². The van der Waals surface area contributed by atoms with Gasteiger partial charge in [0.15, 0.2) is 0 Å². The molecule has 0 atom stereocenters. The largest absolute Gasteiger partial charge is 0.320 e. The Kier molecular flexibility index (Phi) is 3.28. The van der Waals surface area contributed by atoms with Crippen molar-refractivity contribution in [1.29, 1.82) is 0 Å². The molecular formula is C18H13N3OS. The van der Waals surface area contributed by atoms with Crippen LogP contribution in [0.5, 0.6) is 0 Å². The van der Waals surface area contributed by atoms with E-state index in [1.807, 2.05) is 61.5 Å². The molecule has 23 heavy (non-hydrogen) atoms. The third kappa shape index (κ3) is 2.35. The van der Waals surface area contributed by atoms with Crippen LogP contribution in [0.4, 0.5) is 5.69 Å². The second kappa shape index (κ2) is 5.44. The standard InChI is InChI=1S/C18H13N3OS/c1-11-9-10-15-17(21-23-20-15)16(11)19-18(22)14-8-4-6-12-5-2-3-7-13(12)14/h2-10H,1H3,(H,19,22). The van der Waals surface area contributed by atoms with Crippen LogP contribution in [-0.2, 0) is 0 Å². The van der Waals surface area contributed by atoms with Crippen LogP contribution in [0, 0.1) is 6.92 Å². The number of nitrogens with zero attached hydrogens (tertiary/aromatic N) is 2. The van der Waals surface area contributed by atoms with E-state index in [1.165, 1.54) is 0 Å². The molecule has 0 saturated heterocycles. The van der Waals surface area contributed by atoms with Crippen LogP contribution in [0.1, 0.15) is 15.9 Å². The number of hydrogen-bond acceptors (Lipinski definition) is 4. The van der Waals surface area contributed by atoms with Gasteiger partial charge in [0.05, 0.1) is 17.4 Å². The number of fused-ring (bicyclic) bond motifs is 2. The van der Waals surface area contributed by atoms with Crippen molar-refractivity contribution in [3.8, 4) is 0 Å². The van der Waals surface area contributed by atoms with Gasteiger partial charge in [-0.05, 0) is 35.4 Å². The molecule has 112 valence electrons. The Morgan fingerprint density at radius 3 is 2.74 bits per heavy atom. The predicted octanol–water partition coefficient (Wildman–Crippen LogP) is 4.41. The van der Waals surface area contributed by atoms with E-state index in [9.17, 15) is 4.79 Å². The molecule has 0 aliphatic rings. The monoisotopic (exact) mass is 319 g/mol. The van der Waals surface area contributed by atoms with Gasteiger partial charge in [-0.2, -0.15) is 8.75 Å². The second-order valence-corrected chi connectivity index (χ2v) is 5.90. The fourth-order valence-corrected chi connectivity index (χ4v) is 3.26. The summed E-state index contributed by atoms with van der Waals surface area (Å²) in [7, 11) is 0. The first kappa shape index (κ1) is 13.8. The Hall–Kier alpha value is -2.79. The molecule has 1 heterocycles. The molecule has 0 spiro atoms. The summed E-state index contributed by atoms with van der Waals surface area (Å²) < 4.78 is 8.53. The molecule has 3 aromatic carbocycles. The van der Waals surface area contributed by atoms with Gasteiger partial charge >= 0.3 is 0 Å². The average molecular weight is 319 g/mol. The fraction of sp³-hybridized carbons (Fsp3) is 0.0556. The van der Waals surface area contributed by atoms with E-state index in [4.69, 9.17) is 0 Å². The highest BCUT2D eigenvalue weighted by atomic mass is 32.1. The van der Waals surface area contributed by atoms with Crippen molar-refractivity contribution < 1.29 is 4.79 Å². The van der Waals surface area contributed by atoms with Gasteiger partial charge in [0.25, 0.3) is 5.91 Å². The van der Waals surface area contributed by atoms with Crippen LogP contribution < -0.4 is 5.32 Å². The second-order valence-electron chi connectivity index (χ2n) is 5.37. The Morgan fingerprint density at radius 1 is 1.00 bits per heavy atom. The number of hydrogen-bond donors (Lipinski definition) is 1. The molecule has 0 radical (unpaired) electrons. The van der Waals surface area contributed by atoms with E-state index in [0.29, 0.717) is 5.56 Å². The van der Waals surface area contributed by atoms with E-state index >= 15 is 0 Å². The fourth-order valence-electron chi connectivity index (χ4n) is 2.71. The molecule has 0 saturated carbocycles. The summed E-state index contributed by atoms with van der Waals surface area (Å²) in [5.74, 6) is -0.134. The molecule has 1 N–H and O–H groups in total. The molecule has 4 nitrogen and oxygen atoms in total. The molecule has 4 aromatic rings. The van der Waals surface area contributed by atoms with Crippen molar-refractivity contribution >= 4 is 45.1 Å². The zero-order valence-electron chi connectivity index (χ0n) is 12.4. The summed E-state index contributed by atoms with van der Waals surface area (Å²) in [6.45, 7) is 1.96. The first-order valence-electron chi connectivity index (χ1n) is 7.25. The van der Waals surface area contributed by atoms with Gasteiger partial charge in [-0.1, -0.05) is 42.5 Å². The van der Waals surface area contributed by atoms with Crippen LogP contribution >= 0.6 is 11.7 Å². The molecular weight excluding hydrogens is 306 g/mol. The highest BCUT2D eigenvalue weighted by Crippen LogP contribution is 2.27. The van der Waals surface area contributed by atoms with E-state index in [1.54, 1.807) is 0 Å². The molecule has 1 aromatic heterocycles. The van der Waals surface area contributed by atoms with Gasteiger partial charge < -0.3 is 5.32 Å². The van der Waals surface area contributed by atoms with Crippen molar-refractivity contribution in [3.05, 3.63) is 65.7 Å².